The van der Waals surface area contributed by atoms with Crippen molar-refractivity contribution in [1.29, 1.82) is 0 Å². The van der Waals surface area contributed by atoms with Gasteiger partial charge in [0.25, 0.3) is 5.91 Å². The summed E-state index contributed by atoms with van der Waals surface area (Å²) in [5.74, 6) is 0.209. The Bertz CT molecular complexity index is 809. The van der Waals surface area contributed by atoms with Crippen LogP contribution < -0.4 is 10.6 Å². The van der Waals surface area contributed by atoms with Gasteiger partial charge in [0.2, 0.25) is 5.91 Å². The highest BCUT2D eigenvalue weighted by molar-refractivity contribution is 5.95. The van der Waals surface area contributed by atoms with Crippen molar-refractivity contribution >= 4 is 11.8 Å². The molecule has 27 heavy (non-hydrogen) atoms. The minimum absolute atomic E-state index is 0.0313. The Morgan fingerprint density at radius 2 is 1.89 bits per heavy atom. The maximum Gasteiger partial charge on any atom is 0.255 e. The fraction of sp³-hybridized carbons (Fsp3) is 0.476. The number of carbonyl (C=O) groups is 2. The fourth-order valence-electron chi connectivity index (χ4n) is 4.13. The molecule has 1 aromatic heterocycles. The van der Waals surface area contributed by atoms with E-state index < -0.39 is 0 Å². The number of hydrogen-bond donors (Lipinski definition) is 2. The number of carbonyl (C=O) groups excluding carboxylic acids is 2. The topological polar surface area (TPSA) is 76.0 Å². The second-order valence-corrected chi connectivity index (χ2v) is 7.60. The van der Waals surface area contributed by atoms with Crippen molar-refractivity contribution in [2.75, 3.05) is 0 Å². The van der Waals surface area contributed by atoms with Gasteiger partial charge in [-0.2, -0.15) is 5.10 Å². The summed E-state index contributed by atoms with van der Waals surface area (Å²) in [5.41, 5.74) is 2.59. The largest absolute Gasteiger partial charge is 0.351 e. The van der Waals surface area contributed by atoms with Crippen molar-refractivity contribution < 1.29 is 9.59 Å². The molecule has 0 spiro atoms. The van der Waals surface area contributed by atoms with Gasteiger partial charge in [-0.05, 0) is 18.4 Å². The van der Waals surface area contributed by atoms with Gasteiger partial charge >= 0.3 is 0 Å². The SMILES string of the molecule is O=C(NCc1ccccc1)c1cnn2c1CC(NC(=O)C1CCCCC1)C2. The third-order valence-electron chi connectivity index (χ3n) is 5.64. The number of amides is 2. The van der Waals surface area contributed by atoms with Gasteiger partial charge in [0, 0.05) is 18.9 Å². The molecule has 1 fully saturated rings. The zero-order valence-electron chi connectivity index (χ0n) is 15.5. The summed E-state index contributed by atoms with van der Waals surface area (Å²) in [7, 11) is 0. The molecule has 2 aromatic rings. The van der Waals surface area contributed by atoms with Gasteiger partial charge in [0.1, 0.15) is 0 Å². The number of nitrogens with one attached hydrogen (secondary N) is 2. The smallest absolute Gasteiger partial charge is 0.255 e. The molecule has 2 amide bonds. The molecule has 2 heterocycles. The third kappa shape index (κ3) is 4.04. The van der Waals surface area contributed by atoms with Crippen LogP contribution in [0.3, 0.4) is 0 Å². The highest BCUT2D eigenvalue weighted by Gasteiger charge is 2.30. The summed E-state index contributed by atoms with van der Waals surface area (Å²) >= 11 is 0. The summed E-state index contributed by atoms with van der Waals surface area (Å²) in [5, 5.41) is 10.5. The Morgan fingerprint density at radius 1 is 1.11 bits per heavy atom. The van der Waals surface area contributed by atoms with Gasteiger partial charge in [0.05, 0.1) is 30.0 Å². The molecule has 0 radical (unpaired) electrons. The lowest BCUT2D eigenvalue weighted by Gasteiger charge is -2.22. The first-order chi connectivity index (χ1) is 13.2. The molecule has 1 aromatic carbocycles. The lowest BCUT2D eigenvalue weighted by atomic mass is 9.88. The Kier molecular flexibility index (Phi) is 5.23. The summed E-state index contributed by atoms with van der Waals surface area (Å²) in [6.45, 7) is 1.13. The minimum atomic E-state index is -0.112. The number of nitrogens with zero attached hydrogens (tertiary/aromatic N) is 2. The minimum Gasteiger partial charge on any atom is -0.351 e. The normalized spacial score (nSPS) is 19.5. The molecular weight excluding hydrogens is 340 g/mol. The van der Waals surface area contributed by atoms with E-state index in [0.717, 1.165) is 36.9 Å². The Morgan fingerprint density at radius 3 is 2.67 bits per heavy atom. The molecule has 1 aliphatic heterocycles. The molecule has 0 bridgehead atoms. The van der Waals surface area contributed by atoms with E-state index in [-0.39, 0.29) is 23.8 Å². The molecule has 1 unspecified atom stereocenters. The van der Waals surface area contributed by atoms with Crippen molar-refractivity contribution in [2.45, 2.75) is 57.7 Å². The van der Waals surface area contributed by atoms with E-state index in [1.54, 1.807) is 6.20 Å². The predicted octanol–water partition coefficient (Wildman–Crippen LogP) is 2.43. The van der Waals surface area contributed by atoms with Crippen LogP contribution in [0.15, 0.2) is 36.5 Å². The fourth-order valence-corrected chi connectivity index (χ4v) is 4.13. The molecule has 6 nitrogen and oxygen atoms in total. The van der Waals surface area contributed by atoms with Gasteiger partial charge in [-0.1, -0.05) is 49.6 Å². The number of rotatable bonds is 5. The Labute approximate surface area is 159 Å². The standard InChI is InChI=1S/C21H26N4O2/c26-20(16-9-5-2-6-10-16)24-17-11-19-18(13-23-25(19)14-17)21(27)22-12-15-7-3-1-4-8-15/h1,3-4,7-8,13,16-17H,2,5-6,9-12,14H2,(H,22,27)(H,24,26). The van der Waals surface area contributed by atoms with Crippen LogP contribution in [0.5, 0.6) is 0 Å². The van der Waals surface area contributed by atoms with Gasteiger partial charge < -0.3 is 10.6 Å². The van der Waals surface area contributed by atoms with E-state index in [0.29, 0.717) is 25.1 Å². The first kappa shape index (κ1) is 17.8. The van der Waals surface area contributed by atoms with E-state index in [1.807, 2.05) is 35.0 Å². The quantitative estimate of drug-likeness (QED) is 0.853. The van der Waals surface area contributed by atoms with E-state index in [9.17, 15) is 9.59 Å². The molecular formula is C21H26N4O2. The first-order valence-corrected chi connectivity index (χ1v) is 9.88. The van der Waals surface area contributed by atoms with Crippen LogP contribution in [-0.4, -0.2) is 27.6 Å². The summed E-state index contributed by atoms with van der Waals surface area (Å²) in [4.78, 5) is 25.0. The van der Waals surface area contributed by atoms with Gasteiger partial charge in [-0.15, -0.1) is 0 Å². The molecule has 1 saturated carbocycles. The second-order valence-electron chi connectivity index (χ2n) is 7.60. The van der Waals surface area contributed by atoms with Crippen molar-refractivity contribution in [1.82, 2.24) is 20.4 Å². The molecule has 2 aliphatic rings. The van der Waals surface area contributed by atoms with E-state index in [4.69, 9.17) is 0 Å². The van der Waals surface area contributed by atoms with Crippen molar-refractivity contribution in [3.63, 3.8) is 0 Å². The summed E-state index contributed by atoms with van der Waals surface area (Å²) in [6.07, 6.45) is 7.82. The zero-order chi connectivity index (χ0) is 18.6. The molecule has 2 N–H and O–H groups in total. The van der Waals surface area contributed by atoms with Crippen LogP contribution in [0.2, 0.25) is 0 Å². The number of aromatic nitrogens is 2. The van der Waals surface area contributed by atoms with Crippen LogP contribution >= 0.6 is 0 Å². The van der Waals surface area contributed by atoms with Crippen LogP contribution in [0.25, 0.3) is 0 Å². The summed E-state index contributed by atoms with van der Waals surface area (Å²) in [6, 6.07) is 9.87. The van der Waals surface area contributed by atoms with Crippen molar-refractivity contribution in [3.8, 4) is 0 Å². The molecule has 0 saturated heterocycles. The lowest BCUT2D eigenvalue weighted by molar-refractivity contribution is -0.126. The molecule has 1 atom stereocenters. The average molecular weight is 366 g/mol. The van der Waals surface area contributed by atoms with Crippen molar-refractivity contribution in [2.24, 2.45) is 5.92 Å². The maximum absolute atomic E-state index is 12.6. The van der Waals surface area contributed by atoms with Crippen LogP contribution in [0.1, 0.15) is 53.7 Å². The highest BCUT2D eigenvalue weighted by Crippen LogP contribution is 2.25. The van der Waals surface area contributed by atoms with E-state index >= 15 is 0 Å². The molecule has 1 aliphatic carbocycles. The lowest BCUT2D eigenvalue weighted by Crippen LogP contribution is -2.40. The van der Waals surface area contributed by atoms with Crippen LogP contribution in [0, 0.1) is 5.92 Å². The maximum atomic E-state index is 12.6. The number of benzene rings is 1. The molecule has 4 rings (SSSR count). The first-order valence-electron chi connectivity index (χ1n) is 9.88. The van der Waals surface area contributed by atoms with Gasteiger partial charge in [-0.3, -0.25) is 14.3 Å². The third-order valence-corrected chi connectivity index (χ3v) is 5.64. The molecule has 142 valence electrons. The van der Waals surface area contributed by atoms with Gasteiger partial charge in [-0.25, -0.2) is 0 Å². The molecule has 6 heteroatoms. The monoisotopic (exact) mass is 366 g/mol. The average Bonchev–Trinajstić information content (AvgIpc) is 3.27. The number of hydrogen-bond acceptors (Lipinski definition) is 3. The second kappa shape index (κ2) is 7.94. The van der Waals surface area contributed by atoms with Crippen LogP contribution in [-0.2, 0) is 24.3 Å². The van der Waals surface area contributed by atoms with Crippen molar-refractivity contribution in [3.05, 3.63) is 53.3 Å². The number of fused-ring (bicyclic) bond motifs is 1. The van der Waals surface area contributed by atoms with Gasteiger partial charge in [0.15, 0.2) is 0 Å². The van der Waals surface area contributed by atoms with Crippen LogP contribution in [0.4, 0.5) is 0 Å². The zero-order valence-corrected chi connectivity index (χ0v) is 15.5. The highest BCUT2D eigenvalue weighted by atomic mass is 16.2. The van der Waals surface area contributed by atoms with E-state index in [2.05, 4.69) is 15.7 Å². The Balaban J connectivity index is 1.34. The Hall–Kier alpha value is -2.63. The summed E-state index contributed by atoms with van der Waals surface area (Å²) < 4.78 is 1.85. The predicted molar refractivity (Wildman–Crippen MR) is 102 cm³/mol. The van der Waals surface area contributed by atoms with E-state index in [1.165, 1.54) is 6.42 Å².